The molecule has 0 spiro atoms. The van der Waals surface area contributed by atoms with E-state index >= 15 is 0 Å². The molecule has 4 aromatic rings. The van der Waals surface area contributed by atoms with Gasteiger partial charge in [0.1, 0.15) is 5.69 Å². The predicted octanol–water partition coefficient (Wildman–Crippen LogP) is 4.05. The van der Waals surface area contributed by atoms with Gasteiger partial charge in [0.05, 0.1) is 16.2 Å². The van der Waals surface area contributed by atoms with E-state index in [1.165, 1.54) is 5.56 Å². The molecule has 4 rings (SSSR count). The smallest absolute Gasteiger partial charge is 0.342 e. The Hall–Kier alpha value is -3.45. The number of rotatable bonds is 6. The van der Waals surface area contributed by atoms with Crippen LogP contribution >= 0.6 is 11.8 Å². The SMILES string of the molecule is Cc1ccc(-[n+]2c(SCc3ccc(C(=O)O)cc3)n[nH]c2-c2ccncc2)cc1. The highest BCUT2D eigenvalue weighted by Crippen LogP contribution is 2.23. The average molecular weight is 403 g/mol. The Morgan fingerprint density at radius 2 is 1.72 bits per heavy atom. The summed E-state index contributed by atoms with van der Waals surface area (Å²) < 4.78 is 2.09. The molecule has 144 valence electrons. The van der Waals surface area contributed by atoms with Gasteiger partial charge in [-0.1, -0.05) is 29.8 Å². The van der Waals surface area contributed by atoms with Crippen molar-refractivity contribution in [3.05, 3.63) is 89.7 Å². The molecule has 6 nitrogen and oxygen atoms in total. The minimum Gasteiger partial charge on any atom is -0.478 e. The molecular formula is C22H19N4O2S+. The summed E-state index contributed by atoms with van der Waals surface area (Å²) in [5.41, 5.74) is 4.51. The Bertz CT molecular complexity index is 1120. The third-order valence-corrected chi connectivity index (χ3v) is 5.50. The first-order chi connectivity index (χ1) is 14.1. The van der Waals surface area contributed by atoms with Gasteiger partial charge >= 0.3 is 11.1 Å². The molecular weight excluding hydrogens is 384 g/mol. The fraction of sp³-hybridized carbons (Fsp3) is 0.0909. The summed E-state index contributed by atoms with van der Waals surface area (Å²) in [4.78, 5) is 15.1. The monoisotopic (exact) mass is 403 g/mol. The summed E-state index contributed by atoms with van der Waals surface area (Å²) in [6, 6.07) is 19.1. The highest BCUT2D eigenvalue weighted by atomic mass is 32.2. The molecule has 0 unspecified atom stereocenters. The van der Waals surface area contributed by atoms with Gasteiger partial charge in [0.15, 0.2) is 0 Å². The number of hydrogen-bond acceptors (Lipinski definition) is 4. The van der Waals surface area contributed by atoms with Crippen LogP contribution < -0.4 is 4.57 Å². The summed E-state index contributed by atoms with van der Waals surface area (Å²) >= 11 is 1.59. The lowest BCUT2D eigenvalue weighted by Gasteiger charge is -2.05. The van der Waals surface area contributed by atoms with E-state index in [9.17, 15) is 4.79 Å². The summed E-state index contributed by atoms with van der Waals surface area (Å²) in [6.07, 6.45) is 3.51. The molecule has 2 aromatic heterocycles. The number of nitrogens with zero attached hydrogens (tertiary/aromatic N) is 3. The van der Waals surface area contributed by atoms with Gasteiger partial charge in [-0.05, 0) is 60.6 Å². The molecule has 2 aromatic carbocycles. The third kappa shape index (κ3) is 4.20. The summed E-state index contributed by atoms with van der Waals surface area (Å²) in [5.74, 6) is 0.627. The second kappa shape index (κ2) is 8.28. The first-order valence-electron chi connectivity index (χ1n) is 9.05. The number of carboxylic acids is 1. The highest BCUT2D eigenvalue weighted by molar-refractivity contribution is 7.98. The van der Waals surface area contributed by atoms with Crippen LogP contribution in [0.1, 0.15) is 21.5 Å². The normalized spacial score (nSPS) is 10.8. The largest absolute Gasteiger partial charge is 0.478 e. The molecule has 0 radical (unpaired) electrons. The fourth-order valence-electron chi connectivity index (χ4n) is 2.92. The second-order valence-electron chi connectivity index (χ2n) is 6.55. The lowest BCUT2D eigenvalue weighted by molar-refractivity contribution is -0.625. The minimum atomic E-state index is -0.921. The Balaban J connectivity index is 1.67. The molecule has 0 amide bonds. The first kappa shape index (κ1) is 18.9. The molecule has 0 aliphatic rings. The number of nitrogens with one attached hydrogen (secondary N) is 1. The number of H-pyrrole nitrogens is 1. The maximum atomic E-state index is 11.0. The Kier molecular flexibility index (Phi) is 5.39. The number of benzene rings is 2. The van der Waals surface area contributed by atoms with Gasteiger partial charge < -0.3 is 5.11 Å². The van der Waals surface area contributed by atoms with Crippen LogP contribution in [0.4, 0.5) is 0 Å². The molecule has 0 saturated carbocycles. The standard InChI is InChI=1S/C22H18N4O2S/c1-15-2-8-19(9-3-15)26-20(17-10-12-23-13-11-17)24-25-22(26)29-14-16-4-6-18(7-5-16)21(27)28/h2-13H,14H2,1H3,(H,27,28)/p+1. The van der Waals surface area contributed by atoms with Crippen molar-refractivity contribution < 1.29 is 14.5 Å². The number of hydrogen-bond donors (Lipinski definition) is 2. The molecule has 0 aliphatic carbocycles. The van der Waals surface area contributed by atoms with E-state index in [0.29, 0.717) is 5.75 Å². The number of carboxylic acid groups (broad SMARTS) is 1. The number of pyridine rings is 1. The van der Waals surface area contributed by atoms with Gasteiger partial charge in [-0.15, -0.1) is 5.10 Å². The lowest BCUT2D eigenvalue weighted by atomic mass is 10.1. The minimum absolute atomic E-state index is 0.285. The number of aromatic amines is 1. The van der Waals surface area contributed by atoms with Gasteiger partial charge in [0.2, 0.25) is 0 Å². The number of thioether (sulfide) groups is 1. The van der Waals surface area contributed by atoms with E-state index in [4.69, 9.17) is 5.11 Å². The summed E-state index contributed by atoms with van der Waals surface area (Å²) in [6.45, 7) is 2.06. The van der Waals surface area contributed by atoms with Crippen LogP contribution in [0.25, 0.3) is 17.1 Å². The Labute approximate surface area is 172 Å². The number of aryl methyl sites for hydroxylation is 1. The van der Waals surface area contributed by atoms with Crippen molar-refractivity contribution in [3.8, 4) is 17.1 Å². The molecule has 0 aliphatic heterocycles. The fourth-order valence-corrected chi connectivity index (χ4v) is 3.85. The number of aromatic nitrogens is 4. The Morgan fingerprint density at radius 3 is 2.38 bits per heavy atom. The van der Waals surface area contributed by atoms with Gasteiger partial charge in [0.25, 0.3) is 5.82 Å². The van der Waals surface area contributed by atoms with Crippen molar-refractivity contribution in [1.29, 1.82) is 0 Å². The molecule has 0 fully saturated rings. The van der Waals surface area contributed by atoms with E-state index in [-0.39, 0.29) is 5.56 Å². The molecule has 2 N–H and O–H groups in total. The maximum Gasteiger partial charge on any atom is 0.342 e. The summed E-state index contributed by atoms with van der Waals surface area (Å²) in [5, 5.41) is 17.6. The van der Waals surface area contributed by atoms with Crippen LogP contribution in [0, 0.1) is 6.92 Å². The van der Waals surface area contributed by atoms with Crippen molar-refractivity contribution >= 4 is 17.7 Å². The third-order valence-electron chi connectivity index (χ3n) is 4.49. The van der Waals surface area contributed by atoms with Crippen LogP contribution in [0.15, 0.2) is 78.2 Å². The zero-order valence-corrected chi connectivity index (χ0v) is 16.6. The van der Waals surface area contributed by atoms with Crippen molar-refractivity contribution in [2.45, 2.75) is 17.8 Å². The number of aromatic carboxylic acids is 1. The molecule has 2 heterocycles. The van der Waals surface area contributed by atoms with Gasteiger partial charge in [-0.2, -0.15) is 4.57 Å². The van der Waals surface area contributed by atoms with Gasteiger partial charge in [-0.25, -0.2) is 4.79 Å². The van der Waals surface area contributed by atoms with Crippen molar-refractivity contribution in [2.75, 3.05) is 0 Å². The van der Waals surface area contributed by atoms with Crippen LogP contribution in [-0.4, -0.2) is 26.3 Å². The first-order valence-corrected chi connectivity index (χ1v) is 10.0. The average Bonchev–Trinajstić information content (AvgIpc) is 3.17. The van der Waals surface area contributed by atoms with Gasteiger partial charge in [-0.3, -0.25) is 4.98 Å². The predicted molar refractivity (Wildman–Crippen MR) is 111 cm³/mol. The number of carbonyl (C=O) groups is 1. The van der Waals surface area contributed by atoms with E-state index in [1.807, 2.05) is 24.3 Å². The second-order valence-corrected chi connectivity index (χ2v) is 7.49. The molecule has 7 heteroatoms. The van der Waals surface area contributed by atoms with Gasteiger partial charge in [0, 0.05) is 18.1 Å². The van der Waals surface area contributed by atoms with E-state index in [2.05, 4.69) is 50.9 Å². The zero-order valence-electron chi connectivity index (χ0n) is 15.7. The maximum absolute atomic E-state index is 11.0. The molecule has 0 bridgehead atoms. The van der Waals surface area contributed by atoms with E-state index in [0.717, 1.165) is 27.8 Å². The van der Waals surface area contributed by atoms with Crippen molar-refractivity contribution in [1.82, 2.24) is 15.2 Å². The molecule has 0 saturated heterocycles. The lowest BCUT2D eigenvalue weighted by Crippen LogP contribution is -2.33. The van der Waals surface area contributed by atoms with Crippen LogP contribution in [0.2, 0.25) is 0 Å². The highest BCUT2D eigenvalue weighted by Gasteiger charge is 2.23. The molecule has 29 heavy (non-hydrogen) atoms. The van der Waals surface area contributed by atoms with Crippen LogP contribution in [0.5, 0.6) is 0 Å². The Morgan fingerprint density at radius 1 is 1.03 bits per heavy atom. The van der Waals surface area contributed by atoms with Crippen molar-refractivity contribution in [3.63, 3.8) is 0 Å². The van der Waals surface area contributed by atoms with Crippen LogP contribution in [0.3, 0.4) is 0 Å². The van der Waals surface area contributed by atoms with Crippen LogP contribution in [-0.2, 0) is 5.75 Å². The zero-order chi connectivity index (χ0) is 20.2. The van der Waals surface area contributed by atoms with Crippen molar-refractivity contribution in [2.24, 2.45) is 0 Å². The summed E-state index contributed by atoms with van der Waals surface area (Å²) in [7, 11) is 0. The van der Waals surface area contributed by atoms with E-state index < -0.39 is 5.97 Å². The quantitative estimate of drug-likeness (QED) is 0.375. The topological polar surface area (TPSA) is 82.8 Å². The van der Waals surface area contributed by atoms with E-state index in [1.54, 1.807) is 36.3 Å². The molecule has 0 atom stereocenters.